The second-order valence-electron chi connectivity index (χ2n) is 7.19. The average molecular weight is 310 g/mol. The van der Waals surface area contributed by atoms with Gasteiger partial charge in [-0.3, -0.25) is 14.8 Å². The van der Waals surface area contributed by atoms with E-state index in [0.29, 0.717) is 11.8 Å². The lowest BCUT2D eigenvalue weighted by atomic mass is 9.90. The van der Waals surface area contributed by atoms with Crippen LogP contribution in [0.5, 0.6) is 0 Å². The number of nitrogens with zero attached hydrogens (tertiary/aromatic N) is 2. The normalized spacial score (nSPS) is 26.1. The molecule has 5 heteroatoms. The van der Waals surface area contributed by atoms with Crippen LogP contribution in [-0.4, -0.2) is 29.0 Å². The van der Waals surface area contributed by atoms with E-state index in [2.05, 4.69) is 16.4 Å². The maximum Gasteiger partial charge on any atom is 0.241 e. The second-order valence-corrected chi connectivity index (χ2v) is 7.19. The molecular weight excluding hydrogens is 288 g/mol. The predicted molar refractivity (Wildman–Crippen MR) is 89.1 cm³/mol. The zero-order chi connectivity index (χ0) is 16.2. The van der Waals surface area contributed by atoms with Crippen LogP contribution < -0.4 is 11.2 Å². The fourth-order valence-corrected chi connectivity index (χ4v) is 3.95. The van der Waals surface area contributed by atoms with E-state index in [1.54, 1.807) is 0 Å². The number of pyridine rings is 1. The number of rotatable bonds is 3. The number of hydrazine groups is 1. The third-order valence-electron chi connectivity index (χ3n) is 5.54. The lowest BCUT2D eigenvalue weighted by Gasteiger charge is -2.36. The van der Waals surface area contributed by atoms with Gasteiger partial charge >= 0.3 is 0 Å². The number of carbonyl (C=O) groups excluding carboxylic acids is 1. The summed E-state index contributed by atoms with van der Waals surface area (Å²) >= 11 is 0. The first-order chi connectivity index (χ1) is 11.0. The lowest BCUT2D eigenvalue weighted by molar-refractivity contribution is -0.139. The van der Waals surface area contributed by atoms with Crippen LogP contribution in [0, 0.1) is 17.8 Å². The molecule has 1 amide bonds. The van der Waals surface area contributed by atoms with Crippen molar-refractivity contribution in [3.63, 3.8) is 0 Å². The van der Waals surface area contributed by atoms with E-state index < -0.39 is 5.54 Å². The zero-order valence-electron chi connectivity index (χ0n) is 13.5. The molecule has 1 aliphatic heterocycles. The van der Waals surface area contributed by atoms with Gasteiger partial charge in [-0.1, -0.05) is 24.3 Å². The molecule has 0 bridgehead atoms. The molecule has 3 N–H and O–H groups in total. The molecule has 2 heterocycles. The lowest BCUT2D eigenvalue weighted by Crippen LogP contribution is -2.52. The van der Waals surface area contributed by atoms with Crippen LogP contribution in [0.15, 0.2) is 36.7 Å². The van der Waals surface area contributed by atoms with Gasteiger partial charge in [-0.05, 0) is 44.2 Å². The highest BCUT2D eigenvalue weighted by Gasteiger charge is 2.58. The number of nitrogens with one attached hydrogen (secondary N) is 1. The Kier molecular flexibility index (Phi) is 3.18. The van der Waals surface area contributed by atoms with Crippen LogP contribution in [0.1, 0.15) is 19.4 Å². The Hall–Kier alpha value is -1.98. The van der Waals surface area contributed by atoms with Crippen molar-refractivity contribution >= 4 is 16.7 Å². The Bertz CT molecular complexity index is 757. The number of benzene rings is 1. The van der Waals surface area contributed by atoms with Crippen LogP contribution in [0.25, 0.3) is 10.8 Å². The number of piperidine rings is 1. The third kappa shape index (κ3) is 2.15. The Labute approximate surface area is 135 Å². The molecule has 2 aromatic rings. The van der Waals surface area contributed by atoms with Crippen molar-refractivity contribution in [3.8, 4) is 0 Å². The highest BCUT2D eigenvalue weighted by atomic mass is 16.2. The van der Waals surface area contributed by atoms with Gasteiger partial charge in [0.1, 0.15) is 0 Å². The van der Waals surface area contributed by atoms with Crippen LogP contribution >= 0.6 is 0 Å². The smallest absolute Gasteiger partial charge is 0.241 e. The third-order valence-corrected chi connectivity index (χ3v) is 5.54. The summed E-state index contributed by atoms with van der Waals surface area (Å²) < 4.78 is 0. The molecule has 1 aromatic heterocycles. The minimum absolute atomic E-state index is 0.0550. The largest absolute Gasteiger partial charge is 0.316 e. The Balaban J connectivity index is 1.67. The summed E-state index contributed by atoms with van der Waals surface area (Å²) in [5.74, 6) is 7.37. The van der Waals surface area contributed by atoms with Crippen molar-refractivity contribution in [1.29, 1.82) is 0 Å². The zero-order valence-corrected chi connectivity index (χ0v) is 13.5. The quantitative estimate of drug-likeness (QED) is 0.513. The van der Waals surface area contributed by atoms with Crippen molar-refractivity contribution in [1.82, 2.24) is 15.3 Å². The van der Waals surface area contributed by atoms with Gasteiger partial charge in [0.05, 0.1) is 5.54 Å². The van der Waals surface area contributed by atoms with E-state index >= 15 is 0 Å². The number of carbonyl (C=O) groups is 1. The predicted octanol–water partition coefficient (Wildman–Crippen LogP) is 1.64. The molecule has 1 saturated heterocycles. The highest BCUT2D eigenvalue weighted by molar-refractivity contribution is 5.87. The van der Waals surface area contributed by atoms with E-state index in [4.69, 9.17) is 5.84 Å². The second kappa shape index (κ2) is 5.01. The molecular formula is C18H22N4O. The molecule has 2 fully saturated rings. The van der Waals surface area contributed by atoms with Crippen molar-refractivity contribution in [2.24, 2.45) is 23.6 Å². The highest BCUT2D eigenvalue weighted by Crippen LogP contribution is 2.50. The van der Waals surface area contributed by atoms with Gasteiger partial charge in [0.2, 0.25) is 5.91 Å². The van der Waals surface area contributed by atoms with Crippen molar-refractivity contribution in [2.45, 2.75) is 19.4 Å². The molecule has 5 nitrogen and oxygen atoms in total. The summed E-state index contributed by atoms with van der Waals surface area (Å²) in [5.41, 5.74) is 0.380. The van der Waals surface area contributed by atoms with Gasteiger partial charge in [0, 0.05) is 29.3 Å². The van der Waals surface area contributed by atoms with Gasteiger partial charge in [-0.15, -0.1) is 0 Å². The molecule has 2 aliphatic rings. The first-order valence-corrected chi connectivity index (χ1v) is 8.14. The van der Waals surface area contributed by atoms with Crippen LogP contribution in [0.3, 0.4) is 0 Å². The number of amides is 1. The first-order valence-electron chi connectivity index (χ1n) is 8.14. The molecule has 3 atom stereocenters. The minimum atomic E-state index is -0.602. The molecule has 0 unspecified atom stereocenters. The summed E-state index contributed by atoms with van der Waals surface area (Å²) in [5, 5.41) is 6.90. The van der Waals surface area contributed by atoms with Crippen molar-refractivity contribution in [2.75, 3.05) is 13.1 Å². The summed E-state index contributed by atoms with van der Waals surface area (Å²) in [6.07, 6.45) is 3.67. The topological polar surface area (TPSA) is 71.2 Å². The minimum Gasteiger partial charge on any atom is -0.316 e. The average Bonchev–Trinajstić information content (AvgIpc) is 3.04. The number of nitrogens with two attached hydrogens (primary N) is 1. The molecule has 0 spiro atoms. The van der Waals surface area contributed by atoms with E-state index in [9.17, 15) is 4.79 Å². The van der Waals surface area contributed by atoms with Crippen LogP contribution in [0.4, 0.5) is 0 Å². The van der Waals surface area contributed by atoms with Gasteiger partial charge < -0.3 is 5.32 Å². The fraction of sp³-hybridized carbons (Fsp3) is 0.444. The maximum absolute atomic E-state index is 12.8. The van der Waals surface area contributed by atoms with Crippen LogP contribution in [0.2, 0.25) is 0 Å². The summed E-state index contributed by atoms with van der Waals surface area (Å²) in [6.45, 7) is 5.85. The van der Waals surface area contributed by atoms with E-state index in [0.717, 1.165) is 29.4 Å². The maximum atomic E-state index is 12.8. The first kappa shape index (κ1) is 14.6. The molecule has 23 heavy (non-hydrogen) atoms. The van der Waals surface area contributed by atoms with Gasteiger partial charge in [-0.25, -0.2) is 5.84 Å². The molecule has 120 valence electrons. The number of hydrogen-bond donors (Lipinski definition) is 2. The van der Waals surface area contributed by atoms with E-state index in [-0.39, 0.29) is 11.8 Å². The number of hydrogen-bond acceptors (Lipinski definition) is 4. The van der Waals surface area contributed by atoms with Crippen molar-refractivity contribution in [3.05, 3.63) is 42.2 Å². The van der Waals surface area contributed by atoms with Crippen molar-refractivity contribution < 1.29 is 4.79 Å². The summed E-state index contributed by atoms with van der Waals surface area (Å²) in [7, 11) is 0. The Morgan fingerprint density at radius 3 is 2.70 bits per heavy atom. The van der Waals surface area contributed by atoms with E-state index in [1.807, 2.05) is 44.4 Å². The molecule has 1 aliphatic carbocycles. The SMILES string of the molecule is CC(C)(c1cncc2ccccc12)N(N)C(=O)[C@H]1[C@@H]2CNC[C@@H]21. The standard InChI is InChI=1S/C18H22N4O/c1-18(2,15-10-20-7-11-5-3-4-6-12(11)15)22(19)17(23)16-13-8-21-9-14(13)16/h3-7,10,13-14,16,21H,8-9,19H2,1-2H3/t13-,14+,16+. The van der Waals surface area contributed by atoms with Gasteiger partial charge in [0.25, 0.3) is 0 Å². The number of fused-ring (bicyclic) bond motifs is 2. The number of aromatic nitrogens is 1. The summed E-state index contributed by atoms with van der Waals surface area (Å²) in [6, 6.07) is 8.08. The fourth-order valence-electron chi connectivity index (χ4n) is 3.95. The monoisotopic (exact) mass is 310 g/mol. The Morgan fingerprint density at radius 2 is 1.96 bits per heavy atom. The van der Waals surface area contributed by atoms with Gasteiger partial charge in [-0.2, -0.15) is 0 Å². The Morgan fingerprint density at radius 1 is 1.26 bits per heavy atom. The van der Waals surface area contributed by atoms with Crippen LogP contribution in [-0.2, 0) is 10.3 Å². The molecule has 1 saturated carbocycles. The van der Waals surface area contributed by atoms with Gasteiger partial charge in [0.15, 0.2) is 0 Å². The molecule has 1 aromatic carbocycles. The molecule has 0 radical (unpaired) electrons. The molecule has 4 rings (SSSR count). The van der Waals surface area contributed by atoms with E-state index in [1.165, 1.54) is 5.01 Å². The summed E-state index contributed by atoms with van der Waals surface area (Å²) in [4.78, 5) is 17.2.